The van der Waals surface area contributed by atoms with Crippen molar-refractivity contribution in [2.24, 2.45) is 0 Å². The van der Waals surface area contributed by atoms with Crippen LogP contribution in [-0.4, -0.2) is 30.2 Å². The van der Waals surface area contributed by atoms with Crippen LogP contribution in [0.2, 0.25) is 0 Å². The molecule has 0 aromatic carbocycles. The molecule has 0 saturated carbocycles. The van der Waals surface area contributed by atoms with Crippen LogP contribution in [0.1, 0.15) is 26.2 Å². The minimum atomic E-state index is 0.467. The van der Waals surface area contributed by atoms with Crippen LogP contribution in [0.5, 0.6) is 0 Å². The van der Waals surface area contributed by atoms with Crippen molar-refractivity contribution < 1.29 is 0 Å². The standard InChI is InChI=1S/C8H16N2/c1-2-10-7-5-8(10)4-3-6-9-8/h9H,2-7H2,1H3. The molecule has 2 fully saturated rings. The third-order valence-corrected chi connectivity index (χ3v) is 3.00. The Morgan fingerprint density at radius 1 is 1.50 bits per heavy atom. The molecule has 0 aromatic rings. The Morgan fingerprint density at radius 3 is 2.80 bits per heavy atom. The summed E-state index contributed by atoms with van der Waals surface area (Å²) in [5.41, 5.74) is 0.467. The Morgan fingerprint density at radius 2 is 2.40 bits per heavy atom. The van der Waals surface area contributed by atoms with Crippen molar-refractivity contribution in [3.63, 3.8) is 0 Å². The van der Waals surface area contributed by atoms with Crippen molar-refractivity contribution in [3.05, 3.63) is 0 Å². The van der Waals surface area contributed by atoms with E-state index in [0.717, 1.165) is 0 Å². The first-order chi connectivity index (χ1) is 4.87. The van der Waals surface area contributed by atoms with Crippen LogP contribution in [0, 0.1) is 0 Å². The predicted molar refractivity (Wildman–Crippen MR) is 41.8 cm³/mol. The number of nitrogens with one attached hydrogen (secondary N) is 1. The SMILES string of the molecule is CCN1CCC12CCCN2. The highest BCUT2D eigenvalue weighted by Gasteiger charge is 2.44. The zero-order valence-corrected chi connectivity index (χ0v) is 6.69. The molecule has 2 saturated heterocycles. The van der Waals surface area contributed by atoms with Crippen molar-refractivity contribution >= 4 is 0 Å². The van der Waals surface area contributed by atoms with Crippen molar-refractivity contribution in [2.45, 2.75) is 31.8 Å². The molecule has 1 atom stereocenters. The maximum absolute atomic E-state index is 3.60. The van der Waals surface area contributed by atoms with Crippen LogP contribution >= 0.6 is 0 Å². The van der Waals surface area contributed by atoms with Gasteiger partial charge in [0.25, 0.3) is 0 Å². The number of nitrogens with zero attached hydrogens (tertiary/aromatic N) is 1. The molecule has 0 aliphatic carbocycles. The molecule has 2 rings (SSSR count). The number of likely N-dealkylation sites (tertiary alicyclic amines) is 1. The van der Waals surface area contributed by atoms with Gasteiger partial charge in [-0.1, -0.05) is 6.92 Å². The maximum Gasteiger partial charge on any atom is 0.0725 e. The molecule has 0 aromatic heterocycles. The first-order valence-corrected chi connectivity index (χ1v) is 4.37. The summed E-state index contributed by atoms with van der Waals surface area (Å²) in [6.45, 7) is 6.01. The van der Waals surface area contributed by atoms with Gasteiger partial charge in [0.2, 0.25) is 0 Å². The van der Waals surface area contributed by atoms with Gasteiger partial charge in [0.05, 0.1) is 5.66 Å². The Kier molecular flexibility index (Phi) is 1.46. The van der Waals surface area contributed by atoms with E-state index in [1.54, 1.807) is 0 Å². The van der Waals surface area contributed by atoms with E-state index in [1.165, 1.54) is 38.9 Å². The van der Waals surface area contributed by atoms with Crippen molar-refractivity contribution in [2.75, 3.05) is 19.6 Å². The normalized spacial score (nSPS) is 40.5. The number of hydrogen-bond acceptors (Lipinski definition) is 2. The van der Waals surface area contributed by atoms with Gasteiger partial charge in [-0.05, 0) is 32.4 Å². The highest BCUT2D eigenvalue weighted by atomic mass is 15.4. The summed E-state index contributed by atoms with van der Waals surface area (Å²) in [6.07, 6.45) is 4.12. The third-order valence-electron chi connectivity index (χ3n) is 3.00. The fourth-order valence-electron chi connectivity index (χ4n) is 2.27. The zero-order valence-electron chi connectivity index (χ0n) is 6.69. The summed E-state index contributed by atoms with van der Waals surface area (Å²) in [4.78, 5) is 2.56. The average Bonchev–Trinajstić information content (AvgIpc) is 2.35. The smallest absolute Gasteiger partial charge is 0.0725 e. The molecule has 1 N–H and O–H groups in total. The lowest BCUT2D eigenvalue weighted by molar-refractivity contribution is -0.0224. The van der Waals surface area contributed by atoms with Crippen LogP contribution in [0.3, 0.4) is 0 Å². The first-order valence-electron chi connectivity index (χ1n) is 4.37. The van der Waals surface area contributed by atoms with Crippen molar-refractivity contribution in [1.29, 1.82) is 0 Å². The van der Waals surface area contributed by atoms with Gasteiger partial charge in [-0.15, -0.1) is 0 Å². The molecule has 1 spiro atoms. The topological polar surface area (TPSA) is 15.3 Å². The molecule has 2 heterocycles. The van der Waals surface area contributed by atoms with E-state index < -0.39 is 0 Å². The molecule has 2 heteroatoms. The second-order valence-electron chi connectivity index (χ2n) is 3.39. The quantitative estimate of drug-likeness (QED) is 0.579. The summed E-state index contributed by atoms with van der Waals surface area (Å²) in [5, 5.41) is 3.60. The summed E-state index contributed by atoms with van der Waals surface area (Å²) in [5.74, 6) is 0. The van der Waals surface area contributed by atoms with E-state index in [-0.39, 0.29) is 0 Å². The van der Waals surface area contributed by atoms with Crippen molar-refractivity contribution in [3.8, 4) is 0 Å². The van der Waals surface area contributed by atoms with Crippen molar-refractivity contribution in [1.82, 2.24) is 10.2 Å². The van der Waals surface area contributed by atoms with Crippen LogP contribution in [-0.2, 0) is 0 Å². The third kappa shape index (κ3) is 0.722. The van der Waals surface area contributed by atoms with E-state index in [2.05, 4.69) is 17.1 Å². The van der Waals surface area contributed by atoms with Gasteiger partial charge in [0.15, 0.2) is 0 Å². The molecular formula is C8H16N2. The molecule has 2 aliphatic rings. The molecule has 58 valence electrons. The summed E-state index contributed by atoms with van der Waals surface area (Å²) in [6, 6.07) is 0. The molecular weight excluding hydrogens is 124 g/mol. The summed E-state index contributed by atoms with van der Waals surface area (Å²) in [7, 11) is 0. The van der Waals surface area contributed by atoms with Gasteiger partial charge >= 0.3 is 0 Å². The lowest BCUT2D eigenvalue weighted by Gasteiger charge is -2.50. The van der Waals surface area contributed by atoms with Gasteiger partial charge in [0, 0.05) is 6.54 Å². The average molecular weight is 140 g/mol. The van der Waals surface area contributed by atoms with Crippen LogP contribution in [0.15, 0.2) is 0 Å². The number of rotatable bonds is 1. The lowest BCUT2D eigenvalue weighted by Crippen LogP contribution is -2.64. The molecule has 2 nitrogen and oxygen atoms in total. The molecule has 10 heavy (non-hydrogen) atoms. The van der Waals surface area contributed by atoms with Gasteiger partial charge < -0.3 is 0 Å². The molecule has 2 aliphatic heterocycles. The van der Waals surface area contributed by atoms with Gasteiger partial charge in [0.1, 0.15) is 0 Å². The highest BCUT2D eigenvalue weighted by molar-refractivity contribution is 5.00. The second kappa shape index (κ2) is 2.21. The first kappa shape index (κ1) is 6.62. The van der Waals surface area contributed by atoms with Gasteiger partial charge in [-0.25, -0.2) is 0 Å². The monoisotopic (exact) mass is 140 g/mol. The minimum absolute atomic E-state index is 0.467. The number of hydrogen-bond donors (Lipinski definition) is 1. The van der Waals surface area contributed by atoms with Gasteiger partial charge in [-0.3, -0.25) is 10.2 Å². The van der Waals surface area contributed by atoms with Crippen LogP contribution in [0.4, 0.5) is 0 Å². The molecule has 0 bridgehead atoms. The second-order valence-corrected chi connectivity index (χ2v) is 3.39. The van der Waals surface area contributed by atoms with E-state index in [9.17, 15) is 0 Å². The predicted octanol–water partition coefficient (Wildman–Crippen LogP) is 0.792. The molecule has 0 radical (unpaired) electrons. The van der Waals surface area contributed by atoms with E-state index in [4.69, 9.17) is 0 Å². The van der Waals surface area contributed by atoms with E-state index in [1.807, 2.05) is 0 Å². The van der Waals surface area contributed by atoms with E-state index in [0.29, 0.717) is 5.66 Å². The van der Waals surface area contributed by atoms with Crippen LogP contribution < -0.4 is 5.32 Å². The fraction of sp³-hybridized carbons (Fsp3) is 1.00. The minimum Gasteiger partial charge on any atom is -0.299 e. The highest BCUT2D eigenvalue weighted by Crippen LogP contribution is 2.34. The zero-order chi connectivity index (χ0) is 7.03. The van der Waals surface area contributed by atoms with Gasteiger partial charge in [-0.2, -0.15) is 0 Å². The Labute approximate surface area is 62.6 Å². The summed E-state index contributed by atoms with van der Waals surface area (Å²) < 4.78 is 0. The maximum atomic E-state index is 3.60. The fourth-order valence-corrected chi connectivity index (χ4v) is 2.27. The molecule has 1 unspecified atom stereocenters. The van der Waals surface area contributed by atoms with Crippen LogP contribution in [0.25, 0.3) is 0 Å². The summed E-state index contributed by atoms with van der Waals surface area (Å²) >= 11 is 0. The Balaban J connectivity index is 2.01. The van der Waals surface area contributed by atoms with E-state index >= 15 is 0 Å². The Bertz CT molecular complexity index is 125. The molecule has 0 amide bonds. The largest absolute Gasteiger partial charge is 0.299 e. The lowest BCUT2D eigenvalue weighted by atomic mass is 9.93. The Hall–Kier alpha value is -0.0800.